The highest BCUT2D eigenvalue weighted by molar-refractivity contribution is 6.36. The van der Waals surface area contributed by atoms with E-state index in [1.807, 2.05) is 30.3 Å². The molecule has 1 amide bonds. The quantitative estimate of drug-likeness (QED) is 0.507. The summed E-state index contributed by atoms with van der Waals surface area (Å²) in [5.74, 6) is 0.696. The van der Waals surface area contributed by atoms with Gasteiger partial charge in [-0.15, -0.1) is 0 Å². The molecule has 1 aliphatic heterocycles. The molecular formula is C26H28ClN3O2. The van der Waals surface area contributed by atoms with Gasteiger partial charge in [-0.2, -0.15) is 0 Å². The van der Waals surface area contributed by atoms with E-state index < -0.39 is 0 Å². The molecule has 1 atom stereocenters. The minimum absolute atomic E-state index is 0.126. The zero-order valence-electron chi connectivity index (χ0n) is 18.5. The highest BCUT2D eigenvalue weighted by Crippen LogP contribution is 2.38. The lowest BCUT2D eigenvalue weighted by Crippen LogP contribution is -2.35. The lowest BCUT2D eigenvalue weighted by molar-refractivity contribution is -0.119. The number of ether oxygens (including phenoxy) is 1. The number of hydrogen-bond acceptors (Lipinski definition) is 4. The first-order valence-corrected chi connectivity index (χ1v) is 11.4. The number of nitrogens with one attached hydrogen (secondary N) is 2. The average Bonchev–Trinajstić information content (AvgIpc) is 3.24. The molecular weight excluding hydrogens is 422 g/mol. The number of carbonyl (C=O) groups excluding carboxylic acids is 1. The standard InChI is InChI=1S/C26H28ClN3O2/c1-3-17-7-4-5-8-20(17)21-9-6-10-22(25(21)27)23-13-11-18(26(30-23)32-2)15-28-16-19-12-14-24(31)29-19/h4-11,13,19,28H,3,12,14-16H2,1-2H3,(H,29,31). The van der Waals surface area contributed by atoms with Crippen molar-refractivity contribution in [2.24, 2.45) is 0 Å². The van der Waals surface area contributed by atoms with Crippen LogP contribution in [0.1, 0.15) is 30.9 Å². The van der Waals surface area contributed by atoms with E-state index in [0.717, 1.165) is 47.3 Å². The highest BCUT2D eigenvalue weighted by Gasteiger charge is 2.20. The fourth-order valence-electron chi connectivity index (χ4n) is 4.17. The van der Waals surface area contributed by atoms with E-state index >= 15 is 0 Å². The topological polar surface area (TPSA) is 63.2 Å². The van der Waals surface area contributed by atoms with Gasteiger partial charge in [0.1, 0.15) is 0 Å². The number of rotatable bonds is 8. The predicted molar refractivity (Wildman–Crippen MR) is 129 cm³/mol. The molecule has 6 heteroatoms. The zero-order valence-corrected chi connectivity index (χ0v) is 19.2. The van der Waals surface area contributed by atoms with Crippen LogP contribution >= 0.6 is 11.6 Å². The number of pyridine rings is 1. The molecule has 0 aliphatic carbocycles. The number of aryl methyl sites for hydroxylation is 1. The van der Waals surface area contributed by atoms with Crippen LogP contribution in [0.3, 0.4) is 0 Å². The maximum absolute atomic E-state index is 11.4. The first kappa shape index (κ1) is 22.3. The summed E-state index contributed by atoms with van der Waals surface area (Å²) >= 11 is 6.88. The second kappa shape index (κ2) is 10.2. The lowest BCUT2D eigenvalue weighted by Gasteiger charge is -2.15. The van der Waals surface area contributed by atoms with Crippen molar-refractivity contribution in [1.29, 1.82) is 0 Å². The molecule has 0 spiro atoms. The Hall–Kier alpha value is -2.89. The SMILES string of the molecule is CCc1ccccc1-c1cccc(-c2ccc(CNCC3CCC(=O)N3)c(OC)n2)c1Cl. The molecule has 166 valence electrons. The summed E-state index contributed by atoms with van der Waals surface area (Å²) in [6.07, 6.45) is 2.42. The number of amides is 1. The molecule has 2 aromatic carbocycles. The smallest absolute Gasteiger partial charge is 0.220 e. The van der Waals surface area contributed by atoms with Crippen molar-refractivity contribution in [2.45, 2.75) is 38.8 Å². The molecule has 1 aromatic heterocycles. The van der Waals surface area contributed by atoms with E-state index in [1.165, 1.54) is 5.56 Å². The monoisotopic (exact) mass is 449 g/mol. The molecule has 0 saturated carbocycles. The van der Waals surface area contributed by atoms with Gasteiger partial charge in [0.25, 0.3) is 0 Å². The van der Waals surface area contributed by atoms with E-state index in [-0.39, 0.29) is 11.9 Å². The Morgan fingerprint density at radius 1 is 1.06 bits per heavy atom. The Kier molecular flexibility index (Phi) is 7.08. The molecule has 1 fully saturated rings. The number of benzene rings is 2. The molecule has 3 aromatic rings. The largest absolute Gasteiger partial charge is 0.481 e. The number of carbonyl (C=O) groups is 1. The van der Waals surface area contributed by atoms with Gasteiger partial charge < -0.3 is 15.4 Å². The summed E-state index contributed by atoms with van der Waals surface area (Å²) in [4.78, 5) is 16.1. The van der Waals surface area contributed by atoms with Crippen molar-refractivity contribution in [1.82, 2.24) is 15.6 Å². The molecule has 2 N–H and O–H groups in total. The summed E-state index contributed by atoms with van der Waals surface area (Å²) in [7, 11) is 1.63. The summed E-state index contributed by atoms with van der Waals surface area (Å²) in [5, 5.41) is 7.05. The zero-order chi connectivity index (χ0) is 22.5. The molecule has 32 heavy (non-hydrogen) atoms. The first-order valence-electron chi connectivity index (χ1n) is 11.0. The van der Waals surface area contributed by atoms with Gasteiger partial charge in [-0.25, -0.2) is 4.98 Å². The molecule has 4 rings (SSSR count). The predicted octanol–water partition coefficient (Wildman–Crippen LogP) is 5.01. The fourth-order valence-corrected chi connectivity index (χ4v) is 4.50. The fraction of sp³-hybridized carbons (Fsp3) is 0.308. The van der Waals surface area contributed by atoms with Crippen molar-refractivity contribution in [3.8, 4) is 28.3 Å². The van der Waals surface area contributed by atoms with Crippen molar-refractivity contribution in [3.63, 3.8) is 0 Å². The number of halogens is 1. The Morgan fingerprint density at radius 2 is 1.84 bits per heavy atom. The van der Waals surface area contributed by atoms with Crippen LogP contribution < -0.4 is 15.4 Å². The summed E-state index contributed by atoms with van der Waals surface area (Å²) in [5.41, 5.74) is 6.03. The second-order valence-corrected chi connectivity index (χ2v) is 8.35. The van der Waals surface area contributed by atoms with Gasteiger partial charge in [-0.1, -0.05) is 67.1 Å². The Morgan fingerprint density at radius 3 is 2.59 bits per heavy atom. The molecule has 1 unspecified atom stereocenters. The number of hydrogen-bond donors (Lipinski definition) is 2. The van der Waals surface area contributed by atoms with Crippen molar-refractivity contribution in [2.75, 3.05) is 13.7 Å². The van der Waals surface area contributed by atoms with Crippen LogP contribution in [0.5, 0.6) is 5.88 Å². The van der Waals surface area contributed by atoms with Gasteiger partial charge in [0, 0.05) is 42.2 Å². The Balaban J connectivity index is 1.57. The van der Waals surface area contributed by atoms with Crippen molar-refractivity contribution in [3.05, 3.63) is 70.7 Å². The maximum atomic E-state index is 11.4. The lowest BCUT2D eigenvalue weighted by atomic mass is 9.96. The van der Waals surface area contributed by atoms with Gasteiger partial charge in [-0.05, 0) is 30.0 Å². The van der Waals surface area contributed by atoms with E-state index in [4.69, 9.17) is 21.3 Å². The van der Waals surface area contributed by atoms with Crippen LogP contribution in [0.2, 0.25) is 5.02 Å². The van der Waals surface area contributed by atoms with E-state index in [0.29, 0.717) is 23.9 Å². The number of nitrogens with zero attached hydrogens (tertiary/aromatic N) is 1. The third-order valence-corrected chi connectivity index (χ3v) is 6.29. The Labute approximate surface area is 194 Å². The van der Waals surface area contributed by atoms with Gasteiger partial charge in [0.2, 0.25) is 11.8 Å². The van der Waals surface area contributed by atoms with E-state index in [1.54, 1.807) is 7.11 Å². The van der Waals surface area contributed by atoms with Gasteiger partial charge in [0.05, 0.1) is 17.8 Å². The minimum Gasteiger partial charge on any atom is -0.481 e. The third kappa shape index (κ3) is 4.79. The van der Waals surface area contributed by atoms with E-state index in [2.05, 4.69) is 41.8 Å². The van der Waals surface area contributed by atoms with Crippen LogP contribution in [-0.4, -0.2) is 30.6 Å². The van der Waals surface area contributed by atoms with Crippen molar-refractivity contribution < 1.29 is 9.53 Å². The van der Waals surface area contributed by atoms with E-state index in [9.17, 15) is 4.79 Å². The van der Waals surface area contributed by atoms with Crippen LogP contribution in [0, 0.1) is 0 Å². The normalized spacial score (nSPS) is 15.6. The summed E-state index contributed by atoms with van der Waals surface area (Å²) < 4.78 is 5.57. The Bertz CT molecular complexity index is 1120. The van der Waals surface area contributed by atoms with Crippen LogP contribution in [0.4, 0.5) is 0 Å². The van der Waals surface area contributed by atoms with Crippen LogP contribution in [0.25, 0.3) is 22.4 Å². The third-order valence-electron chi connectivity index (χ3n) is 5.89. The molecule has 2 heterocycles. The maximum Gasteiger partial charge on any atom is 0.220 e. The highest BCUT2D eigenvalue weighted by atomic mass is 35.5. The average molecular weight is 450 g/mol. The minimum atomic E-state index is 0.126. The van der Waals surface area contributed by atoms with Gasteiger partial charge in [-0.3, -0.25) is 4.79 Å². The molecule has 1 saturated heterocycles. The van der Waals surface area contributed by atoms with Crippen LogP contribution in [0.15, 0.2) is 54.6 Å². The van der Waals surface area contributed by atoms with Gasteiger partial charge in [0.15, 0.2) is 0 Å². The molecule has 0 bridgehead atoms. The first-order chi connectivity index (χ1) is 15.6. The molecule has 5 nitrogen and oxygen atoms in total. The number of methoxy groups -OCH3 is 1. The summed E-state index contributed by atoms with van der Waals surface area (Å²) in [6.45, 7) is 3.48. The summed E-state index contributed by atoms with van der Waals surface area (Å²) in [6, 6.07) is 18.6. The number of aromatic nitrogens is 1. The molecule has 1 aliphatic rings. The molecule has 0 radical (unpaired) electrons. The second-order valence-electron chi connectivity index (χ2n) is 7.98. The van der Waals surface area contributed by atoms with Crippen molar-refractivity contribution >= 4 is 17.5 Å². The van der Waals surface area contributed by atoms with Gasteiger partial charge >= 0.3 is 0 Å². The van der Waals surface area contributed by atoms with Crippen LogP contribution in [-0.2, 0) is 17.8 Å².